The Morgan fingerprint density at radius 2 is 1.24 bits per heavy atom. The third kappa shape index (κ3) is 8.73. The zero-order chi connectivity index (χ0) is 22.2. The molecule has 0 fully saturated rings. The predicted octanol–water partition coefficient (Wildman–Crippen LogP) is 8.94. The minimum atomic E-state index is -0.0456. The zero-order valence-electron chi connectivity index (χ0n) is 21.1. The van der Waals surface area contributed by atoms with Gasteiger partial charge in [0.2, 0.25) is 0 Å². The van der Waals surface area contributed by atoms with Crippen molar-refractivity contribution in [3.8, 4) is 5.75 Å². The van der Waals surface area contributed by atoms with Gasteiger partial charge in [-0.2, -0.15) is 0 Å². The Hall–Kier alpha value is -0.980. The van der Waals surface area contributed by atoms with Gasteiger partial charge in [-0.05, 0) is 52.2 Å². The van der Waals surface area contributed by atoms with Crippen molar-refractivity contribution in [1.82, 2.24) is 0 Å². The standard InChI is InChI=1S/C28H50O/c1-10-11-12-13-14-15-16-23(21(2)3)18-17-22-19-24(27(4,5)6)26(29)25(20-22)28(7,8)9/h19-21,23,29H,10-18H2,1-9H3. The second-order valence-electron chi connectivity index (χ2n) is 11.6. The maximum atomic E-state index is 11.0. The van der Waals surface area contributed by atoms with Crippen LogP contribution in [0.25, 0.3) is 0 Å². The van der Waals surface area contributed by atoms with Gasteiger partial charge in [-0.1, -0.05) is 119 Å². The van der Waals surface area contributed by atoms with E-state index in [0.29, 0.717) is 5.75 Å². The number of hydrogen-bond acceptors (Lipinski definition) is 1. The summed E-state index contributed by atoms with van der Waals surface area (Å²) in [4.78, 5) is 0. The van der Waals surface area contributed by atoms with Crippen molar-refractivity contribution in [3.63, 3.8) is 0 Å². The van der Waals surface area contributed by atoms with Gasteiger partial charge in [0, 0.05) is 0 Å². The Morgan fingerprint density at radius 1 is 0.759 bits per heavy atom. The summed E-state index contributed by atoms with van der Waals surface area (Å²) >= 11 is 0. The molecule has 1 aromatic carbocycles. The van der Waals surface area contributed by atoms with Crippen LogP contribution in [0.2, 0.25) is 0 Å². The van der Waals surface area contributed by atoms with Crippen LogP contribution in [0.5, 0.6) is 5.75 Å². The Morgan fingerprint density at radius 3 is 1.69 bits per heavy atom. The number of rotatable bonds is 11. The second kappa shape index (κ2) is 11.4. The fourth-order valence-corrected chi connectivity index (χ4v) is 4.33. The quantitative estimate of drug-likeness (QED) is 0.366. The lowest BCUT2D eigenvalue weighted by atomic mass is 9.77. The molecule has 1 heteroatoms. The van der Waals surface area contributed by atoms with Crippen molar-refractivity contribution in [2.24, 2.45) is 11.8 Å². The van der Waals surface area contributed by atoms with Crippen LogP contribution >= 0.6 is 0 Å². The molecule has 168 valence electrons. The van der Waals surface area contributed by atoms with Gasteiger partial charge in [0.05, 0.1) is 0 Å². The number of benzene rings is 1. The molecule has 0 bridgehead atoms. The Kier molecular flexibility index (Phi) is 10.3. The molecule has 1 N–H and O–H groups in total. The van der Waals surface area contributed by atoms with Crippen LogP contribution in [0.15, 0.2) is 12.1 Å². The Balaban J connectivity index is 2.86. The minimum absolute atomic E-state index is 0.0456. The molecule has 0 heterocycles. The molecule has 0 amide bonds. The molecule has 1 aromatic rings. The Labute approximate surface area is 182 Å². The molecule has 0 saturated heterocycles. The number of unbranched alkanes of at least 4 members (excludes halogenated alkanes) is 5. The lowest BCUT2D eigenvalue weighted by Crippen LogP contribution is -2.18. The van der Waals surface area contributed by atoms with E-state index >= 15 is 0 Å². The molecule has 29 heavy (non-hydrogen) atoms. The summed E-state index contributed by atoms with van der Waals surface area (Å²) < 4.78 is 0. The Bertz CT molecular complexity index is 563. The largest absolute Gasteiger partial charge is 0.507 e. The highest BCUT2D eigenvalue weighted by atomic mass is 16.3. The van der Waals surface area contributed by atoms with Crippen molar-refractivity contribution < 1.29 is 5.11 Å². The third-order valence-corrected chi connectivity index (χ3v) is 6.46. The first-order valence-electron chi connectivity index (χ1n) is 12.2. The van der Waals surface area contributed by atoms with E-state index in [0.717, 1.165) is 29.4 Å². The van der Waals surface area contributed by atoms with Crippen molar-refractivity contribution in [2.75, 3.05) is 0 Å². The maximum absolute atomic E-state index is 11.0. The number of aryl methyl sites for hydroxylation is 1. The molecule has 0 aliphatic rings. The number of phenolic OH excluding ortho intramolecular Hbond substituents is 1. The van der Waals surface area contributed by atoms with Gasteiger partial charge < -0.3 is 5.11 Å². The molecule has 1 rings (SSSR count). The molecular weight excluding hydrogens is 352 g/mol. The molecule has 0 spiro atoms. The summed E-state index contributed by atoms with van der Waals surface area (Å²) in [7, 11) is 0. The van der Waals surface area contributed by atoms with E-state index in [1.165, 1.54) is 56.9 Å². The molecule has 0 radical (unpaired) electrons. The van der Waals surface area contributed by atoms with E-state index in [1.54, 1.807) is 0 Å². The van der Waals surface area contributed by atoms with Crippen LogP contribution in [-0.2, 0) is 17.3 Å². The first-order chi connectivity index (χ1) is 13.4. The van der Waals surface area contributed by atoms with E-state index in [-0.39, 0.29) is 10.8 Å². The molecule has 1 nitrogen and oxygen atoms in total. The van der Waals surface area contributed by atoms with Crippen molar-refractivity contribution in [2.45, 2.75) is 131 Å². The molecule has 1 atom stereocenters. The van der Waals surface area contributed by atoms with Gasteiger partial charge in [-0.3, -0.25) is 0 Å². The third-order valence-electron chi connectivity index (χ3n) is 6.46. The lowest BCUT2D eigenvalue weighted by Gasteiger charge is -2.29. The summed E-state index contributed by atoms with van der Waals surface area (Å²) in [6.45, 7) is 20.3. The molecule has 0 aliphatic heterocycles. The summed E-state index contributed by atoms with van der Waals surface area (Å²) in [5, 5.41) is 11.0. The summed E-state index contributed by atoms with van der Waals surface area (Å²) in [5.74, 6) is 2.04. The first-order valence-corrected chi connectivity index (χ1v) is 12.2. The minimum Gasteiger partial charge on any atom is -0.507 e. The van der Waals surface area contributed by atoms with Gasteiger partial charge >= 0.3 is 0 Å². The van der Waals surface area contributed by atoms with Crippen molar-refractivity contribution >= 4 is 0 Å². The molecule has 0 aromatic heterocycles. The van der Waals surface area contributed by atoms with Gasteiger partial charge in [-0.25, -0.2) is 0 Å². The van der Waals surface area contributed by atoms with Crippen LogP contribution in [-0.4, -0.2) is 5.11 Å². The fourth-order valence-electron chi connectivity index (χ4n) is 4.33. The maximum Gasteiger partial charge on any atom is 0.123 e. The number of phenols is 1. The highest BCUT2D eigenvalue weighted by Crippen LogP contribution is 2.40. The fraction of sp³-hybridized carbons (Fsp3) is 0.786. The summed E-state index contributed by atoms with van der Waals surface area (Å²) in [5.41, 5.74) is 3.49. The highest BCUT2D eigenvalue weighted by molar-refractivity contribution is 5.49. The normalized spacial score (nSPS) is 13.9. The smallest absolute Gasteiger partial charge is 0.123 e. The van der Waals surface area contributed by atoms with Crippen LogP contribution in [0.1, 0.15) is 130 Å². The molecule has 0 aliphatic carbocycles. The lowest BCUT2D eigenvalue weighted by molar-refractivity contribution is 0.324. The van der Waals surface area contributed by atoms with Crippen LogP contribution in [0.4, 0.5) is 0 Å². The van der Waals surface area contributed by atoms with E-state index in [4.69, 9.17) is 0 Å². The highest BCUT2D eigenvalue weighted by Gasteiger charge is 2.26. The van der Waals surface area contributed by atoms with Crippen molar-refractivity contribution in [1.29, 1.82) is 0 Å². The summed E-state index contributed by atoms with van der Waals surface area (Å²) in [6.07, 6.45) is 12.0. The monoisotopic (exact) mass is 402 g/mol. The van der Waals surface area contributed by atoms with Crippen LogP contribution < -0.4 is 0 Å². The first kappa shape index (κ1) is 26.1. The molecule has 0 saturated carbocycles. The molecule has 1 unspecified atom stereocenters. The predicted molar refractivity (Wildman–Crippen MR) is 130 cm³/mol. The van der Waals surface area contributed by atoms with E-state index in [9.17, 15) is 5.11 Å². The van der Waals surface area contributed by atoms with E-state index < -0.39 is 0 Å². The average Bonchev–Trinajstić information content (AvgIpc) is 2.59. The van der Waals surface area contributed by atoms with Gasteiger partial charge in [0.15, 0.2) is 0 Å². The van der Waals surface area contributed by atoms with Crippen molar-refractivity contribution in [3.05, 3.63) is 28.8 Å². The average molecular weight is 403 g/mol. The second-order valence-corrected chi connectivity index (χ2v) is 11.6. The summed E-state index contributed by atoms with van der Waals surface area (Å²) in [6, 6.07) is 4.54. The van der Waals surface area contributed by atoms with Crippen LogP contribution in [0, 0.1) is 11.8 Å². The van der Waals surface area contributed by atoms with Gasteiger partial charge in [-0.15, -0.1) is 0 Å². The van der Waals surface area contributed by atoms with E-state index in [2.05, 4.69) is 74.4 Å². The van der Waals surface area contributed by atoms with Crippen LogP contribution in [0.3, 0.4) is 0 Å². The number of aromatic hydroxyl groups is 1. The SMILES string of the molecule is CCCCCCCCC(CCc1cc(C(C)(C)C)c(O)c(C(C)(C)C)c1)C(C)C. The topological polar surface area (TPSA) is 20.2 Å². The van der Waals surface area contributed by atoms with Gasteiger partial charge in [0.25, 0.3) is 0 Å². The van der Waals surface area contributed by atoms with E-state index in [1.807, 2.05) is 0 Å². The zero-order valence-corrected chi connectivity index (χ0v) is 21.1. The molecular formula is C28H50O. The van der Waals surface area contributed by atoms with Gasteiger partial charge in [0.1, 0.15) is 5.75 Å². The number of hydrogen-bond donors (Lipinski definition) is 1.